The van der Waals surface area contributed by atoms with Gasteiger partial charge in [0, 0.05) is 6.54 Å². The lowest BCUT2D eigenvalue weighted by molar-refractivity contribution is -0.143. The van der Waals surface area contributed by atoms with E-state index in [4.69, 9.17) is 14.6 Å². The number of carbonyl (C=O) groups is 2. The zero-order valence-electron chi connectivity index (χ0n) is 10.3. The highest BCUT2D eigenvalue weighted by atomic mass is 16.7. The van der Waals surface area contributed by atoms with Crippen LogP contribution in [0.1, 0.15) is 5.56 Å². The average Bonchev–Trinajstić information content (AvgIpc) is 2.84. The Morgan fingerprint density at radius 3 is 2.79 bits per heavy atom. The molecule has 1 amide bonds. The number of hydrogen-bond acceptors (Lipinski definition) is 5. The third-order valence-corrected chi connectivity index (χ3v) is 2.70. The molecule has 0 saturated heterocycles. The van der Waals surface area contributed by atoms with Gasteiger partial charge in [0.05, 0.1) is 0 Å². The van der Waals surface area contributed by atoms with Crippen molar-refractivity contribution in [2.75, 3.05) is 13.8 Å². The van der Waals surface area contributed by atoms with Crippen LogP contribution in [-0.2, 0) is 16.1 Å². The van der Waals surface area contributed by atoms with Crippen LogP contribution in [-0.4, -0.2) is 36.9 Å². The highest BCUT2D eigenvalue weighted by Crippen LogP contribution is 2.32. The molecule has 19 heavy (non-hydrogen) atoms. The summed E-state index contributed by atoms with van der Waals surface area (Å²) in [6.07, 6.45) is 0. The first-order valence-corrected chi connectivity index (χ1v) is 5.68. The predicted octanol–water partition coefficient (Wildman–Crippen LogP) is -0.296. The molecule has 7 nitrogen and oxygen atoms in total. The summed E-state index contributed by atoms with van der Waals surface area (Å²) in [4.78, 5) is 22.4. The Morgan fingerprint density at radius 1 is 1.37 bits per heavy atom. The Morgan fingerprint density at radius 2 is 2.11 bits per heavy atom. The fourth-order valence-electron chi connectivity index (χ4n) is 1.71. The van der Waals surface area contributed by atoms with E-state index in [9.17, 15) is 9.59 Å². The van der Waals surface area contributed by atoms with Crippen molar-refractivity contribution in [3.05, 3.63) is 23.8 Å². The number of rotatable bonds is 5. The first-order chi connectivity index (χ1) is 9.11. The van der Waals surface area contributed by atoms with Crippen molar-refractivity contribution in [2.24, 2.45) is 0 Å². The summed E-state index contributed by atoms with van der Waals surface area (Å²) >= 11 is 0. The first kappa shape index (κ1) is 13.2. The fourth-order valence-corrected chi connectivity index (χ4v) is 1.71. The van der Waals surface area contributed by atoms with Crippen molar-refractivity contribution in [3.8, 4) is 11.5 Å². The molecule has 7 heteroatoms. The van der Waals surface area contributed by atoms with Gasteiger partial charge in [0.15, 0.2) is 17.5 Å². The third-order valence-electron chi connectivity index (χ3n) is 2.70. The van der Waals surface area contributed by atoms with E-state index in [1.807, 2.05) is 0 Å². The molecule has 0 radical (unpaired) electrons. The number of benzene rings is 1. The van der Waals surface area contributed by atoms with Crippen LogP contribution in [0.15, 0.2) is 18.2 Å². The second kappa shape index (κ2) is 5.57. The van der Waals surface area contributed by atoms with Gasteiger partial charge < -0.3 is 19.9 Å². The number of ether oxygens (including phenoxy) is 2. The summed E-state index contributed by atoms with van der Waals surface area (Å²) in [5.41, 5.74) is 0.804. The van der Waals surface area contributed by atoms with Gasteiger partial charge in [-0.1, -0.05) is 6.07 Å². The maximum Gasteiger partial charge on any atom is 0.330 e. The molecular formula is C12H14N2O5. The van der Waals surface area contributed by atoms with Gasteiger partial charge in [0.25, 0.3) is 0 Å². The Hall–Kier alpha value is -2.28. The smallest absolute Gasteiger partial charge is 0.330 e. The van der Waals surface area contributed by atoms with Crippen LogP contribution in [0.3, 0.4) is 0 Å². The van der Waals surface area contributed by atoms with Crippen molar-refractivity contribution in [2.45, 2.75) is 12.6 Å². The Bertz CT molecular complexity index is 503. The molecule has 1 aliphatic rings. The first-order valence-electron chi connectivity index (χ1n) is 5.68. The van der Waals surface area contributed by atoms with Gasteiger partial charge in [0.2, 0.25) is 12.7 Å². The predicted molar refractivity (Wildman–Crippen MR) is 64.9 cm³/mol. The maximum atomic E-state index is 11.6. The molecule has 0 aromatic heterocycles. The van der Waals surface area contributed by atoms with E-state index >= 15 is 0 Å². The molecule has 0 aliphatic carbocycles. The minimum absolute atomic E-state index is 0.186. The minimum atomic E-state index is -1.26. The van der Waals surface area contributed by atoms with E-state index in [0.29, 0.717) is 11.5 Å². The van der Waals surface area contributed by atoms with Crippen molar-refractivity contribution in [3.63, 3.8) is 0 Å². The summed E-state index contributed by atoms with van der Waals surface area (Å²) in [6.45, 7) is 0.410. The van der Waals surface area contributed by atoms with Crippen molar-refractivity contribution in [1.82, 2.24) is 10.6 Å². The molecule has 0 spiro atoms. The molecule has 0 fully saturated rings. The van der Waals surface area contributed by atoms with Crippen LogP contribution < -0.4 is 20.1 Å². The van der Waals surface area contributed by atoms with Crippen LogP contribution in [0.5, 0.6) is 11.5 Å². The summed E-state index contributed by atoms with van der Waals surface area (Å²) in [5.74, 6) is -0.526. The van der Waals surface area contributed by atoms with Crippen LogP contribution in [0, 0.1) is 0 Å². The monoisotopic (exact) mass is 266 g/mol. The highest BCUT2D eigenvalue weighted by molar-refractivity contribution is 6.01. The van der Waals surface area contributed by atoms with Gasteiger partial charge in [-0.05, 0) is 24.7 Å². The number of hydrogen-bond donors (Lipinski definition) is 3. The maximum absolute atomic E-state index is 11.6. The molecule has 1 unspecified atom stereocenters. The number of fused-ring (bicyclic) bond motifs is 1. The van der Waals surface area contributed by atoms with Gasteiger partial charge in [-0.15, -0.1) is 0 Å². The topological polar surface area (TPSA) is 96.9 Å². The summed E-state index contributed by atoms with van der Waals surface area (Å²) in [5, 5.41) is 13.8. The summed E-state index contributed by atoms with van der Waals surface area (Å²) in [7, 11) is 1.42. The van der Waals surface area contributed by atoms with Crippen LogP contribution >= 0.6 is 0 Å². The number of carboxylic acid groups (broad SMARTS) is 1. The molecule has 3 N–H and O–H groups in total. The molecule has 1 atom stereocenters. The van der Waals surface area contributed by atoms with Crippen LogP contribution in [0.2, 0.25) is 0 Å². The van der Waals surface area contributed by atoms with Gasteiger partial charge in [-0.2, -0.15) is 0 Å². The lowest BCUT2D eigenvalue weighted by Crippen LogP contribution is -2.47. The van der Waals surface area contributed by atoms with Crippen LogP contribution in [0.4, 0.5) is 0 Å². The quantitative estimate of drug-likeness (QED) is 0.633. The van der Waals surface area contributed by atoms with Gasteiger partial charge >= 0.3 is 5.97 Å². The number of nitrogens with one attached hydrogen (secondary N) is 2. The average molecular weight is 266 g/mol. The summed E-state index contributed by atoms with van der Waals surface area (Å²) in [6, 6.07) is 4.02. The molecule has 102 valence electrons. The van der Waals surface area contributed by atoms with E-state index in [2.05, 4.69) is 10.6 Å². The van der Waals surface area contributed by atoms with E-state index in [-0.39, 0.29) is 13.3 Å². The number of carboxylic acids is 1. The lowest BCUT2D eigenvalue weighted by Gasteiger charge is -2.11. The van der Waals surface area contributed by atoms with E-state index < -0.39 is 17.9 Å². The Balaban J connectivity index is 1.95. The van der Waals surface area contributed by atoms with E-state index in [0.717, 1.165) is 5.56 Å². The zero-order chi connectivity index (χ0) is 13.8. The molecule has 2 rings (SSSR count). The van der Waals surface area contributed by atoms with Gasteiger partial charge in [-0.3, -0.25) is 10.1 Å². The Labute approximate surface area is 109 Å². The molecule has 0 saturated carbocycles. The van der Waals surface area contributed by atoms with E-state index in [1.54, 1.807) is 18.2 Å². The number of amides is 1. The van der Waals surface area contributed by atoms with E-state index in [1.165, 1.54) is 7.05 Å². The minimum Gasteiger partial charge on any atom is -0.480 e. The molecular weight excluding hydrogens is 252 g/mol. The molecule has 1 aromatic rings. The normalized spacial score (nSPS) is 13.9. The Kier molecular flexibility index (Phi) is 3.86. The number of likely N-dealkylation sites (N-methyl/N-ethyl adjacent to an activating group) is 1. The van der Waals surface area contributed by atoms with Crippen LogP contribution in [0.25, 0.3) is 0 Å². The van der Waals surface area contributed by atoms with Gasteiger partial charge in [0.1, 0.15) is 0 Å². The molecule has 0 bridgehead atoms. The zero-order valence-corrected chi connectivity index (χ0v) is 10.3. The fraction of sp³-hybridized carbons (Fsp3) is 0.333. The number of carbonyl (C=O) groups excluding carboxylic acids is 1. The highest BCUT2D eigenvalue weighted by Gasteiger charge is 2.23. The second-order valence-electron chi connectivity index (χ2n) is 3.97. The standard InChI is InChI=1S/C12H14N2O5/c1-13-10(12(16)17)11(15)14-5-7-2-3-8-9(4-7)19-6-18-8/h2-4,10,13H,5-6H2,1H3,(H,14,15)(H,16,17). The van der Waals surface area contributed by atoms with Crippen molar-refractivity contribution in [1.29, 1.82) is 0 Å². The van der Waals surface area contributed by atoms with Crippen molar-refractivity contribution < 1.29 is 24.2 Å². The number of aliphatic carboxylic acids is 1. The third kappa shape index (κ3) is 2.94. The lowest BCUT2D eigenvalue weighted by atomic mass is 10.2. The van der Waals surface area contributed by atoms with Gasteiger partial charge in [-0.25, -0.2) is 4.79 Å². The summed E-state index contributed by atoms with van der Waals surface area (Å²) < 4.78 is 10.4. The molecule has 1 aliphatic heterocycles. The van der Waals surface area contributed by atoms with Crippen molar-refractivity contribution >= 4 is 11.9 Å². The second-order valence-corrected chi connectivity index (χ2v) is 3.97. The molecule has 1 heterocycles. The molecule has 1 aromatic carbocycles. The largest absolute Gasteiger partial charge is 0.480 e. The SMILES string of the molecule is CNC(C(=O)O)C(=O)NCc1ccc2c(c1)OCO2.